The lowest BCUT2D eigenvalue weighted by Gasteiger charge is -2.41. The zero-order valence-electron chi connectivity index (χ0n) is 13.9. The lowest BCUT2D eigenvalue weighted by atomic mass is 10.0. The van der Waals surface area contributed by atoms with Crippen LogP contribution < -0.4 is 4.90 Å². The molecule has 0 saturated carbocycles. The van der Waals surface area contributed by atoms with Crippen LogP contribution in [0.4, 0.5) is 5.82 Å². The molecule has 3 rings (SSSR count). The van der Waals surface area contributed by atoms with Crippen molar-refractivity contribution in [1.29, 1.82) is 0 Å². The number of anilines is 1. The third-order valence-corrected chi connectivity index (χ3v) is 4.37. The van der Waals surface area contributed by atoms with Gasteiger partial charge in [0.05, 0.1) is 6.04 Å². The number of aromatic nitrogens is 2. The normalized spacial score (nSPS) is 17.6. The van der Waals surface area contributed by atoms with E-state index in [2.05, 4.69) is 33.6 Å². The van der Waals surface area contributed by atoms with E-state index in [9.17, 15) is 4.79 Å². The Labute approximate surface area is 142 Å². The molecule has 1 amide bonds. The van der Waals surface area contributed by atoms with Crippen molar-refractivity contribution < 1.29 is 4.79 Å². The van der Waals surface area contributed by atoms with Gasteiger partial charge in [-0.15, -0.1) is 0 Å². The highest BCUT2D eigenvalue weighted by Gasteiger charge is 2.30. The number of hydrogen-bond acceptors (Lipinski definition) is 4. The number of benzene rings is 1. The van der Waals surface area contributed by atoms with Crippen molar-refractivity contribution in [3.63, 3.8) is 0 Å². The summed E-state index contributed by atoms with van der Waals surface area (Å²) in [6.07, 6.45) is 3.82. The Hall–Kier alpha value is -2.69. The first-order valence-electron chi connectivity index (χ1n) is 8.18. The highest BCUT2D eigenvalue weighted by molar-refractivity contribution is 5.87. The fourth-order valence-corrected chi connectivity index (χ4v) is 3.15. The number of carbonyl (C=O) groups is 1. The minimum Gasteiger partial charge on any atom is -0.353 e. The van der Waals surface area contributed by atoms with Crippen LogP contribution in [0.3, 0.4) is 0 Å². The second kappa shape index (κ2) is 7.25. The van der Waals surface area contributed by atoms with E-state index in [1.54, 1.807) is 6.33 Å². The van der Waals surface area contributed by atoms with Crippen molar-refractivity contribution in [2.75, 3.05) is 24.5 Å². The van der Waals surface area contributed by atoms with Crippen LogP contribution in [0.5, 0.6) is 0 Å². The van der Waals surface area contributed by atoms with Crippen LogP contribution in [0.1, 0.15) is 11.3 Å². The highest BCUT2D eigenvalue weighted by Crippen LogP contribution is 2.20. The zero-order chi connectivity index (χ0) is 16.9. The van der Waals surface area contributed by atoms with Crippen molar-refractivity contribution in [3.8, 4) is 0 Å². The molecular formula is C19H22N4O. The molecule has 0 N–H and O–H groups in total. The average Bonchev–Trinajstić information content (AvgIpc) is 2.62. The summed E-state index contributed by atoms with van der Waals surface area (Å²) < 4.78 is 0. The number of hydrogen-bond donors (Lipinski definition) is 0. The maximum Gasteiger partial charge on any atom is 0.246 e. The number of carbonyl (C=O) groups excluding carboxylic acids is 1. The van der Waals surface area contributed by atoms with Crippen LogP contribution in [0.25, 0.3) is 0 Å². The van der Waals surface area contributed by atoms with E-state index in [-0.39, 0.29) is 11.9 Å². The van der Waals surface area contributed by atoms with Crippen molar-refractivity contribution >= 4 is 11.7 Å². The molecule has 0 unspecified atom stereocenters. The Morgan fingerprint density at radius 1 is 1.29 bits per heavy atom. The molecule has 0 radical (unpaired) electrons. The summed E-state index contributed by atoms with van der Waals surface area (Å²) in [4.78, 5) is 24.9. The Morgan fingerprint density at radius 2 is 2.08 bits per heavy atom. The second-order valence-electron chi connectivity index (χ2n) is 6.04. The molecule has 2 heterocycles. The smallest absolute Gasteiger partial charge is 0.246 e. The summed E-state index contributed by atoms with van der Waals surface area (Å²) in [6, 6.07) is 12.4. The molecule has 1 fully saturated rings. The number of rotatable bonds is 4. The van der Waals surface area contributed by atoms with Gasteiger partial charge < -0.3 is 9.80 Å². The third kappa shape index (κ3) is 3.62. The fraction of sp³-hybridized carbons (Fsp3) is 0.316. The summed E-state index contributed by atoms with van der Waals surface area (Å²) in [5.41, 5.74) is 2.18. The molecule has 1 atom stereocenters. The first-order valence-corrected chi connectivity index (χ1v) is 8.18. The Kier molecular flexibility index (Phi) is 4.89. The van der Waals surface area contributed by atoms with Gasteiger partial charge in [0.2, 0.25) is 5.91 Å². The van der Waals surface area contributed by atoms with Gasteiger partial charge in [0.15, 0.2) is 0 Å². The maximum absolute atomic E-state index is 12.2. The quantitative estimate of drug-likeness (QED) is 0.810. The van der Waals surface area contributed by atoms with Crippen LogP contribution in [0.15, 0.2) is 55.4 Å². The van der Waals surface area contributed by atoms with E-state index in [1.165, 1.54) is 11.6 Å². The SMILES string of the molecule is C=CC(=O)N1CCN(c2cc(C)ncn2)C[C@@H]1Cc1ccccc1. The molecule has 2 aromatic rings. The predicted molar refractivity (Wildman–Crippen MR) is 94.8 cm³/mol. The van der Waals surface area contributed by atoms with E-state index in [0.717, 1.165) is 31.0 Å². The predicted octanol–water partition coefficient (Wildman–Crippen LogP) is 2.23. The van der Waals surface area contributed by atoms with Gasteiger partial charge in [-0.1, -0.05) is 36.9 Å². The van der Waals surface area contributed by atoms with Crippen molar-refractivity contribution in [2.24, 2.45) is 0 Å². The summed E-state index contributed by atoms with van der Waals surface area (Å²) in [5.74, 6) is 0.917. The molecule has 1 aliphatic heterocycles. The highest BCUT2D eigenvalue weighted by atomic mass is 16.2. The van der Waals surface area contributed by atoms with Crippen LogP contribution in [-0.2, 0) is 11.2 Å². The Bertz CT molecular complexity index is 716. The van der Waals surface area contributed by atoms with E-state index in [1.807, 2.05) is 36.1 Å². The average molecular weight is 322 g/mol. The van der Waals surface area contributed by atoms with Crippen molar-refractivity contribution in [3.05, 3.63) is 66.6 Å². The monoisotopic (exact) mass is 322 g/mol. The third-order valence-electron chi connectivity index (χ3n) is 4.37. The first kappa shape index (κ1) is 16.2. The summed E-state index contributed by atoms with van der Waals surface area (Å²) in [6.45, 7) is 7.80. The van der Waals surface area contributed by atoms with Crippen LogP contribution in [0.2, 0.25) is 0 Å². The van der Waals surface area contributed by atoms with Gasteiger partial charge >= 0.3 is 0 Å². The molecule has 1 aliphatic rings. The van der Waals surface area contributed by atoms with Gasteiger partial charge in [0, 0.05) is 31.4 Å². The van der Waals surface area contributed by atoms with Crippen molar-refractivity contribution in [1.82, 2.24) is 14.9 Å². The zero-order valence-corrected chi connectivity index (χ0v) is 13.9. The minimum absolute atomic E-state index is 0.00514. The number of amides is 1. The lowest BCUT2D eigenvalue weighted by Crippen LogP contribution is -2.56. The molecule has 5 nitrogen and oxygen atoms in total. The molecule has 1 aromatic heterocycles. The van der Waals surface area contributed by atoms with Gasteiger partial charge in [-0.3, -0.25) is 4.79 Å². The van der Waals surface area contributed by atoms with E-state index in [0.29, 0.717) is 6.54 Å². The van der Waals surface area contributed by atoms with Gasteiger partial charge in [-0.2, -0.15) is 0 Å². The molecule has 5 heteroatoms. The summed E-state index contributed by atoms with van der Waals surface area (Å²) >= 11 is 0. The van der Waals surface area contributed by atoms with Gasteiger partial charge in [0.1, 0.15) is 12.1 Å². The second-order valence-corrected chi connectivity index (χ2v) is 6.04. The number of nitrogens with zero attached hydrogens (tertiary/aromatic N) is 4. The largest absolute Gasteiger partial charge is 0.353 e. The van der Waals surface area contributed by atoms with E-state index in [4.69, 9.17) is 0 Å². The molecule has 0 spiro atoms. The van der Waals surface area contributed by atoms with Gasteiger partial charge in [-0.05, 0) is 25.0 Å². The lowest BCUT2D eigenvalue weighted by molar-refractivity contribution is -0.128. The first-order chi connectivity index (χ1) is 11.7. The molecule has 0 aliphatic carbocycles. The Balaban J connectivity index is 1.81. The van der Waals surface area contributed by atoms with Crippen LogP contribution in [-0.4, -0.2) is 46.5 Å². The van der Waals surface area contributed by atoms with Gasteiger partial charge in [-0.25, -0.2) is 9.97 Å². The number of piperazine rings is 1. The molecule has 1 aromatic carbocycles. The van der Waals surface area contributed by atoms with E-state index >= 15 is 0 Å². The molecule has 24 heavy (non-hydrogen) atoms. The standard InChI is InChI=1S/C19H22N4O/c1-3-19(24)23-10-9-22(18-11-15(2)20-14-21-18)13-17(23)12-16-7-5-4-6-8-16/h3-8,11,14,17H,1,9-10,12-13H2,2H3/t17-/m0/s1. The topological polar surface area (TPSA) is 49.3 Å². The molecular weight excluding hydrogens is 300 g/mol. The van der Waals surface area contributed by atoms with Crippen molar-refractivity contribution in [2.45, 2.75) is 19.4 Å². The summed E-state index contributed by atoms with van der Waals surface area (Å²) in [7, 11) is 0. The van der Waals surface area contributed by atoms with Gasteiger partial charge in [0.25, 0.3) is 0 Å². The molecule has 0 bridgehead atoms. The van der Waals surface area contributed by atoms with Crippen LogP contribution >= 0.6 is 0 Å². The Morgan fingerprint density at radius 3 is 2.79 bits per heavy atom. The summed E-state index contributed by atoms with van der Waals surface area (Å²) in [5, 5.41) is 0. The van der Waals surface area contributed by atoms with Crippen LogP contribution in [0, 0.1) is 6.92 Å². The molecule has 1 saturated heterocycles. The number of aryl methyl sites for hydroxylation is 1. The van der Waals surface area contributed by atoms with E-state index < -0.39 is 0 Å². The minimum atomic E-state index is -0.00514. The fourth-order valence-electron chi connectivity index (χ4n) is 3.15. The molecule has 124 valence electrons. The maximum atomic E-state index is 12.2.